The Balaban J connectivity index is 2.73. The number of hydrogen-bond acceptors (Lipinski definition) is 3. The summed E-state index contributed by atoms with van der Waals surface area (Å²) in [6.45, 7) is 0. The Kier molecular flexibility index (Phi) is 1.69. The van der Waals surface area contributed by atoms with Crippen molar-refractivity contribution in [2.75, 3.05) is 0 Å². The van der Waals surface area contributed by atoms with Crippen molar-refractivity contribution in [2.24, 2.45) is 0 Å². The third kappa shape index (κ3) is 0.955. The summed E-state index contributed by atoms with van der Waals surface area (Å²) >= 11 is 4.01. The van der Waals surface area contributed by atoms with Crippen LogP contribution in [0.3, 0.4) is 0 Å². The molecule has 0 fully saturated rings. The van der Waals surface area contributed by atoms with Crippen molar-refractivity contribution >= 4 is 38.8 Å². The molecule has 2 nitrogen and oxygen atoms in total. The van der Waals surface area contributed by atoms with E-state index in [1.54, 1.807) is 0 Å². The normalized spacial score (nSPS) is 19.3. The molecule has 0 N–H and O–H groups in total. The minimum Gasteiger partial charge on any atom is -0.287 e. The average Bonchev–Trinajstić information content (AvgIpc) is 2.50. The Bertz CT molecular complexity index is 424. The van der Waals surface area contributed by atoms with E-state index < -0.39 is 17.5 Å². The molecule has 0 aromatic carbocycles. The Morgan fingerprint density at radius 2 is 1.92 bits per heavy atom. The minimum absolute atomic E-state index is 0.174. The van der Waals surface area contributed by atoms with Crippen LogP contribution in [0.25, 0.3) is 0 Å². The number of halogens is 3. The molecule has 0 aliphatic heterocycles. The molecule has 0 saturated heterocycles. The summed E-state index contributed by atoms with van der Waals surface area (Å²) in [6.07, 6.45) is 0. The number of hydrogen-bond donors (Lipinski definition) is 0. The van der Waals surface area contributed by atoms with Gasteiger partial charge in [0.15, 0.2) is 0 Å². The predicted octanol–water partition coefficient (Wildman–Crippen LogP) is 2.52. The fourth-order valence-corrected chi connectivity index (χ4v) is 2.58. The molecule has 1 aliphatic rings. The van der Waals surface area contributed by atoms with E-state index in [4.69, 9.17) is 0 Å². The van der Waals surface area contributed by atoms with E-state index in [-0.39, 0.29) is 14.9 Å². The van der Waals surface area contributed by atoms with E-state index in [0.717, 1.165) is 11.3 Å². The lowest BCUT2D eigenvalue weighted by molar-refractivity contribution is 0.0188. The second-order valence-electron chi connectivity index (χ2n) is 2.53. The average molecular weight is 267 g/mol. The van der Waals surface area contributed by atoms with Crippen molar-refractivity contribution in [1.82, 2.24) is 0 Å². The van der Waals surface area contributed by atoms with Crippen molar-refractivity contribution in [3.8, 4) is 0 Å². The number of rotatable bonds is 0. The van der Waals surface area contributed by atoms with Gasteiger partial charge >= 0.3 is 5.92 Å². The quantitative estimate of drug-likeness (QED) is 0.677. The van der Waals surface area contributed by atoms with Crippen LogP contribution in [0.2, 0.25) is 0 Å². The SMILES string of the molecule is O=C1c2csc(Br)c2C(=O)C1(F)F. The summed E-state index contributed by atoms with van der Waals surface area (Å²) in [4.78, 5) is 22.0. The number of Topliss-reactive ketones (excluding diaryl/α,β-unsaturated/α-hetero) is 2. The second kappa shape index (κ2) is 2.45. The first-order chi connectivity index (χ1) is 5.96. The zero-order valence-electron chi connectivity index (χ0n) is 5.94. The van der Waals surface area contributed by atoms with Crippen molar-refractivity contribution in [3.05, 3.63) is 20.3 Å². The summed E-state index contributed by atoms with van der Waals surface area (Å²) in [5.74, 6) is -6.66. The predicted molar refractivity (Wildman–Crippen MR) is 45.6 cm³/mol. The first-order valence-electron chi connectivity index (χ1n) is 3.20. The van der Waals surface area contributed by atoms with Gasteiger partial charge in [-0.15, -0.1) is 11.3 Å². The second-order valence-corrected chi connectivity index (χ2v) is 4.73. The Labute approximate surface area is 83.7 Å². The maximum atomic E-state index is 12.8. The highest BCUT2D eigenvalue weighted by Crippen LogP contribution is 2.41. The highest BCUT2D eigenvalue weighted by atomic mass is 79.9. The highest BCUT2D eigenvalue weighted by molar-refractivity contribution is 9.11. The number of carbonyl (C=O) groups is 2. The molecular weight excluding hydrogens is 266 g/mol. The molecule has 0 saturated carbocycles. The Morgan fingerprint density at radius 3 is 2.46 bits per heavy atom. The summed E-state index contributed by atoms with van der Waals surface area (Å²) in [6, 6.07) is 0. The van der Waals surface area contributed by atoms with Crippen LogP contribution in [0, 0.1) is 0 Å². The standard InChI is InChI=1S/C7HBrF2O2S/c8-6-3-2(1-13-6)4(11)7(9,10)5(3)12/h1H. The molecule has 1 aromatic heterocycles. The van der Waals surface area contributed by atoms with Crippen molar-refractivity contribution < 1.29 is 18.4 Å². The zero-order chi connectivity index (χ0) is 9.80. The summed E-state index contributed by atoms with van der Waals surface area (Å²) in [7, 11) is 0. The van der Waals surface area contributed by atoms with E-state index >= 15 is 0 Å². The van der Waals surface area contributed by atoms with Crippen LogP contribution in [-0.2, 0) is 0 Å². The molecule has 2 rings (SSSR count). The maximum Gasteiger partial charge on any atom is 0.371 e. The van der Waals surface area contributed by atoms with Crippen LogP contribution in [0.1, 0.15) is 20.7 Å². The molecule has 1 heterocycles. The number of carbonyl (C=O) groups excluding carboxylic acids is 2. The molecule has 0 spiro atoms. The number of fused-ring (bicyclic) bond motifs is 1. The van der Waals surface area contributed by atoms with E-state index in [0.29, 0.717) is 0 Å². The van der Waals surface area contributed by atoms with E-state index in [2.05, 4.69) is 15.9 Å². The molecular formula is C7HBrF2O2S. The topological polar surface area (TPSA) is 34.1 Å². The Morgan fingerprint density at radius 1 is 1.31 bits per heavy atom. The fourth-order valence-electron chi connectivity index (χ4n) is 1.14. The van der Waals surface area contributed by atoms with Crippen LogP contribution in [0.15, 0.2) is 9.17 Å². The van der Waals surface area contributed by atoms with Gasteiger partial charge in [0, 0.05) is 10.9 Å². The van der Waals surface area contributed by atoms with Crippen molar-refractivity contribution in [1.29, 1.82) is 0 Å². The van der Waals surface area contributed by atoms with E-state index in [1.165, 1.54) is 5.38 Å². The van der Waals surface area contributed by atoms with Crippen molar-refractivity contribution in [3.63, 3.8) is 0 Å². The van der Waals surface area contributed by atoms with Gasteiger partial charge in [0.2, 0.25) is 11.6 Å². The molecule has 0 radical (unpaired) electrons. The molecule has 1 aliphatic carbocycles. The lowest BCUT2D eigenvalue weighted by Crippen LogP contribution is -2.30. The van der Waals surface area contributed by atoms with E-state index in [1.807, 2.05) is 0 Å². The number of thiophene rings is 1. The van der Waals surface area contributed by atoms with Gasteiger partial charge in [-0.2, -0.15) is 8.78 Å². The fraction of sp³-hybridized carbons (Fsp3) is 0.143. The van der Waals surface area contributed by atoms with Crippen molar-refractivity contribution in [2.45, 2.75) is 5.92 Å². The monoisotopic (exact) mass is 266 g/mol. The third-order valence-corrected chi connectivity index (χ3v) is 3.51. The third-order valence-electron chi connectivity index (χ3n) is 1.79. The lowest BCUT2D eigenvalue weighted by atomic mass is 10.2. The van der Waals surface area contributed by atoms with E-state index in [9.17, 15) is 18.4 Å². The number of alkyl halides is 2. The minimum atomic E-state index is -3.86. The van der Waals surface area contributed by atoms with Gasteiger partial charge in [-0.25, -0.2) is 0 Å². The van der Waals surface area contributed by atoms with Gasteiger partial charge in [0.1, 0.15) is 0 Å². The first kappa shape index (κ1) is 8.96. The Hall–Kier alpha value is -0.620. The summed E-state index contributed by atoms with van der Waals surface area (Å²) in [5.41, 5.74) is -0.355. The molecule has 0 bridgehead atoms. The molecule has 0 amide bonds. The van der Waals surface area contributed by atoms with Crippen LogP contribution < -0.4 is 0 Å². The summed E-state index contributed by atoms with van der Waals surface area (Å²) in [5, 5.41) is 1.26. The van der Waals surface area contributed by atoms with Crippen LogP contribution in [0.5, 0.6) is 0 Å². The van der Waals surface area contributed by atoms with Gasteiger partial charge in [-0.1, -0.05) is 0 Å². The molecule has 1 aromatic rings. The van der Waals surface area contributed by atoms with Gasteiger partial charge < -0.3 is 0 Å². The lowest BCUT2D eigenvalue weighted by Gasteiger charge is -2.02. The van der Waals surface area contributed by atoms with Gasteiger partial charge in [0.05, 0.1) is 9.35 Å². The van der Waals surface area contributed by atoms with Gasteiger partial charge in [-0.05, 0) is 15.9 Å². The smallest absolute Gasteiger partial charge is 0.287 e. The first-order valence-corrected chi connectivity index (χ1v) is 4.88. The molecule has 6 heteroatoms. The number of ketones is 2. The van der Waals surface area contributed by atoms with Crippen LogP contribution >= 0.6 is 27.3 Å². The molecule has 0 unspecified atom stereocenters. The summed E-state index contributed by atoms with van der Waals surface area (Å²) < 4.78 is 25.9. The molecule has 0 atom stereocenters. The molecule has 13 heavy (non-hydrogen) atoms. The largest absolute Gasteiger partial charge is 0.371 e. The molecule has 68 valence electrons. The van der Waals surface area contributed by atoms with Gasteiger partial charge in [0.25, 0.3) is 0 Å². The highest BCUT2D eigenvalue weighted by Gasteiger charge is 2.56. The zero-order valence-corrected chi connectivity index (χ0v) is 8.34. The van der Waals surface area contributed by atoms with Crippen LogP contribution in [0.4, 0.5) is 8.78 Å². The van der Waals surface area contributed by atoms with Gasteiger partial charge in [-0.3, -0.25) is 9.59 Å². The van der Waals surface area contributed by atoms with Crippen LogP contribution in [-0.4, -0.2) is 17.5 Å². The maximum absolute atomic E-state index is 12.8.